The van der Waals surface area contributed by atoms with Crippen molar-refractivity contribution < 1.29 is 0 Å². The number of hydrogen-bond donors (Lipinski definition) is 0. The molecule has 0 radical (unpaired) electrons. The van der Waals surface area contributed by atoms with Crippen LogP contribution >= 0.6 is 0 Å². The molecule has 0 N–H and O–H groups in total. The Morgan fingerprint density at radius 2 is 1.30 bits per heavy atom. The fourth-order valence-electron chi connectivity index (χ4n) is 6.57. The predicted octanol–water partition coefficient (Wildman–Crippen LogP) is 7.71. The number of hydrogen-bond acceptors (Lipinski definition) is 2. The second-order valence-electron chi connectivity index (χ2n) is 11.1. The van der Waals surface area contributed by atoms with Gasteiger partial charge in [0.1, 0.15) is 0 Å². The van der Waals surface area contributed by atoms with E-state index < -0.39 is 13.3 Å². The Balaban J connectivity index is 1.38. The summed E-state index contributed by atoms with van der Waals surface area (Å²) in [5, 5.41) is 2.45. The molecular formula is C36H27GeN3. The van der Waals surface area contributed by atoms with Gasteiger partial charge in [-0.2, -0.15) is 0 Å². The Labute approximate surface area is 236 Å². The van der Waals surface area contributed by atoms with Crippen LogP contribution in [-0.4, -0.2) is 27.8 Å². The summed E-state index contributed by atoms with van der Waals surface area (Å²) in [6.07, 6.45) is 0. The van der Waals surface area contributed by atoms with Gasteiger partial charge in [0.05, 0.1) is 0 Å². The molecule has 0 saturated carbocycles. The van der Waals surface area contributed by atoms with Crippen molar-refractivity contribution in [3.05, 3.63) is 127 Å². The van der Waals surface area contributed by atoms with E-state index in [0.717, 1.165) is 39.2 Å². The van der Waals surface area contributed by atoms with E-state index in [2.05, 4.69) is 131 Å². The molecule has 0 saturated heterocycles. The van der Waals surface area contributed by atoms with Crippen molar-refractivity contribution in [2.24, 2.45) is 0 Å². The molecule has 40 heavy (non-hydrogen) atoms. The van der Waals surface area contributed by atoms with E-state index in [1.807, 2.05) is 12.1 Å². The van der Waals surface area contributed by atoms with Crippen LogP contribution in [0.15, 0.2) is 127 Å². The molecule has 8 rings (SSSR count). The van der Waals surface area contributed by atoms with Crippen molar-refractivity contribution in [3.63, 3.8) is 0 Å². The van der Waals surface area contributed by atoms with Gasteiger partial charge < -0.3 is 0 Å². The van der Waals surface area contributed by atoms with E-state index in [1.54, 1.807) is 8.79 Å². The minimum absolute atomic E-state index is 0.742. The van der Waals surface area contributed by atoms with Crippen LogP contribution in [0.25, 0.3) is 61.4 Å². The summed E-state index contributed by atoms with van der Waals surface area (Å²) in [6.45, 7) is 0. The average Bonchev–Trinajstić information content (AvgIpc) is 3.48. The van der Waals surface area contributed by atoms with Gasteiger partial charge in [-0.15, -0.1) is 0 Å². The molecule has 0 unspecified atom stereocenters. The standard InChI is InChI=1S/C36H27GeN3/c1-37(2)30-20-9-6-17-27(30)35-33(37)29-19-8-11-22-32(29)40(35)26-16-12-15-25(23-26)36-38-31-21-10-7-18-28(31)34(39-36)24-13-4-3-5-14-24/h3-23H,1-2H3. The molecule has 0 spiro atoms. The molecule has 5 aromatic carbocycles. The van der Waals surface area contributed by atoms with E-state index >= 15 is 0 Å². The van der Waals surface area contributed by atoms with Crippen LogP contribution in [0, 0.1) is 0 Å². The Kier molecular flexibility index (Phi) is 5.13. The molecule has 0 bridgehead atoms. The minimum atomic E-state index is -2.48. The zero-order valence-corrected chi connectivity index (χ0v) is 24.6. The molecule has 1 aliphatic rings. The third-order valence-electron chi connectivity index (χ3n) is 8.37. The molecule has 7 aromatic rings. The Bertz CT molecular complexity index is 2090. The number of aromatic nitrogens is 3. The number of fused-ring (bicyclic) bond motifs is 6. The average molecular weight is 574 g/mol. The molecule has 0 amide bonds. The van der Waals surface area contributed by atoms with Crippen LogP contribution < -0.4 is 8.79 Å². The van der Waals surface area contributed by atoms with Crippen LogP contribution in [0.5, 0.6) is 0 Å². The second-order valence-corrected chi connectivity index (χ2v) is 20.1. The molecular weight excluding hydrogens is 547 g/mol. The van der Waals surface area contributed by atoms with E-state index in [0.29, 0.717) is 0 Å². The first-order valence-electron chi connectivity index (χ1n) is 13.8. The first-order chi connectivity index (χ1) is 19.6. The zero-order valence-electron chi connectivity index (χ0n) is 22.5. The van der Waals surface area contributed by atoms with Gasteiger partial charge >= 0.3 is 231 Å². The first-order valence-corrected chi connectivity index (χ1v) is 20.1. The van der Waals surface area contributed by atoms with Gasteiger partial charge in [-0.05, 0) is 0 Å². The van der Waals surface area contributed by atoms with E-state index in [1.165, 1.54) is 22.2 Å². The van der Waals surface area contributed by atoms with Crippen molar-refractivity contribution in [3.8, 4) is 39.6 Å². The SMILES string of the molecule is [CH3][Ge]1([CH3])[c]2ccccc2-c2[c]1c1ccccc1n2-c1cccc(-c2nc(-c3ccccc3)c3ccccc3n2)c1. The van der Waals surface area contributed by atoms with Gasteiger partial charge in [-0.1, -0.05) is 6.07 Å². The molecule has 0 fully saturated rings. The number of para-hydroxylation sites is 2. The third-order valence-corrected chi connectivity index (χ3v) is 15.8. The number of rotatable bonds is 3. The maximum absolute atomic E-state index is 5.15. The number of nitrogens with zero attached hydrogens (tertiary/aromatic N) is 3. The molecule has 1 aliphatic heterocycles. The normalized spacial score (nSPS) is 13.4. The van der Waals surface area contributed by atoms with Gasteiger partial charge in [-0.25, -0.2) is 0 Å². The fourth-order valence-corrected chi connectivity index (χ4v) is 13.7. The quantitative estimate of drug-likeness (QED) is 0.203. The summed E-state index contributed by atoms with van der Waals surface area (Å²) in [7, 11) is 0. The van der Waals surface area contributed by atoms with Crippen LogP contribution in [0.1, 0.15) is 0 Å². The Morgan fingerprint density at radius 3 is 2.17 bits per heavy atom. The summed E-state index contributed by atoms with van der Waals surface area (Å²) in [5.41, 5.74) is 9.18. The third kappa shape index (κ3) is 3.37. The monoisotopic (exact) mass is 575 g/mol. The van der Waals surface area contributed by atoms with Crippen LogP contribution in [-0.2, 0) is 0 Å². The summed E-state index contributed by atoms with van der Waals surface area (Å²) in [6, 6.07) is 45.4. The first kappa shape index (κ1) is 23.4. The van der Waals surface area contributed by atoms with Crippen molar-refractivity contribution in [2.45, 2.75) is 11.5 Å². The zero-order chi connectivity index (χ0) is 26.8. The summed E-state index contributed by atoms with van der Waals surface area (Å²) in [4.78, 5) is 10.2. The van der Waals surface area contributed by atoms with Crippen molar-refractivity contribution in [1.82, 2.24) is 14.5 Å². The summed E-state index contributed by atoms with van der Waals surface area (Å²) < 4.78 is 5.62. The Morgan fingerprint density at radius 1 is 0.600 bits per heavy atom. The Hall–Kier alpha value is -4.48. The van der Waals surface area contributed by atoms with Crippen LogP contribution in [0.2, 0.25) is 11.5 Å². The van der Waals surface area contributed by atoms with Crippen LogP contribution in [0.4, 0.5) is 0 Å². The fraction of sp³-hybridized carbons (Fsp3) is 0.0556. The van der Waals surface area contributed by atoms with Crippen LogP contribution in [0.3, 0.4) is 0 Å². The van der Waals surface area contributed by atoms with E-state index in [9.17, 15) is 0 Å². The number of benzene rings is 5. The van der Waals surface area contributed by atoms with Gasteiger partial charge in [-0.3, -0.25) is 0 Å². The molecule has 190 valence electrons. The maximum atomic E-state index is 5.15. The van der Waals surface area contributed by atoms with E-state index in [4.69, 9.17) is 9.97 Å². The second kappa shape index (κ2) is 8.77. The molecule has 3 heterocycles. The van der Waals surface area contributed by atoms with Gasteiger partial charge in [0.2, 0.25) is 0 Å². The molecule has 4 heteroatoms. The molecule has 2 aromatic heterocycles. The van der Waals surface area contributed by atoms with E-state index in [-0.39, 0.29) is 0 Å². The van der Waals surface area contributed by atoms with Crippen molar-refractivity contribution in [1.29, 1.82) is 0 Å². The van der Waals surface area contributed by atoms with Crippen molar-refractivity contribution >= 4 is 43.9 Å². The van der Waals surface area contributed by atoms with Gasteiger partial charge in [0.25, 0.3) is 0 Å². The summed E-state index contributed by atoms with van der Waals surface area (Å²) in [5.74, 6) is 5.81. The topological polar surface area (TPSA) is 30.7 Å². The molecule has 0 atom stereocenters. The molecule has 0 aliphatic carbocycles. The predicted molar refractivity (Wildman–Crippen MR) is 169 cm³/mol. The van der Waals surface area contributed by atoms with Gasteiger partial charge in [0.15, 0.2) is 0 Å². The van der Waals surface area contributed by atoms with Crippen molar-refractivity contribution in [2.75, 3.05) is 0 Å². The molecule has 3 nitrogen and oxygen atoms in total. The van der Waals surface area contributed by atoms with Gasteiger partial charge in [0, 0.05) is 0 Å². The summed E-state index contributed by atoms with van der Waals surface area (Å²) >= 11 is -2.48.